The summed E-state index contributed by atoms with van der Waals surface area (Å²) in [5, 5.41) is 14.3. The maximum atomic E-state index is 13.6. The Morgan fingerprint density at radius 3 is 2.59 bits per heavy atom. The number of aromatic nitrogens is 2. The molecule has 0 aromatic carbocycles. The molecular weight excluding hydrogens is 404 g/mol. The highest BCUT2D eigenvalue weighted by molar-refractivity contribution is 5.95. The zero-order chi connectivity index (χ0) is 21.4. The minimum atomic E-state index is -0.476. The van der Waals surface area contributed by atoms with E-state index in [0.29, 0.717) is 41.4 Å². The number of rotatable bonds is 4. The molecule has 1 amide bonds. The summed E-state index contributed by atoms with van der Waals surface area (Å²) in [6.45, 7) is 1.61. The fourth-order valence-electron chi connectivity index (χ4n) is 8.30. The van der Waals surface area contributed by atoms with E-state index in [0.717, 1.165) is 76.2 Å². The van der Waals surface area contributed by atoms with Gasteiger partial charge in [-0.05, 0) is 69.1 Å². The standard InChI is InChI=1S/C25H34N4O3/c30-23(27-21-16-5-14-6-17(21)10-25(31,8-14)9-16)20-11-26-24(28-22(20)15-3-1-2-4-15)29-12-19-7-18(29)13-32-19/h11,14-19,21,31H,1-10,12-13H2,(H,27,30). The molecule has 5 saturated carbocycles. The quantitative estimate of drug-likeness (QED) is 0.752. The second-order valence-corrected chi connectivity index (χ2v) is 11.6. The fraction of sp³-hybridized carbons (Fsp3) is 0.800. The maximum Gasteiger partial charge on any atom is 0.254 e. The van der Waals surface area contributed by atoms with Gasteiger partial charge in [0.15, 0.2) is 0 Å². The monoisotopic (exact) mass is 438 g/mol. The second kappa shape index (κ2) is 7.13. The summed E-state index contributed by atoms with van der Waals surface area (Å²) >= 11 is 0. The van der Waals surface area contributed by atoms with Crippen LogP contribution in [0.15, 0.2) is 6.20 Å². The third kappa shape index (κ3) is 3.11. The van der Waals surface area contributed by atoms with Gasteiger partial charge in [-0.3, -0.25) is 4.79 Å². The van der Waals surface area contributed by atoms with Crippen molar-refractivity contribution in [1.82, 2.24) is 15.3 Å². The number of ether oxygens (including phenoxy) is 1. The fourth-order valence-corrected chi connectivity index (χ4v) is 8.30. The van der Waals surface area contributed by atoms with E-state index in [9.17, 15) is 9.90 Å². The molecule has 4 unspecified atom stereocenters. The van der Waals surface area contributed by atoms with E-state index in [2.05, 4.69) is 15.2 Å². The van der Waals surface area contributed by atoms with Gasteiger partial charge in [0, 0.05) is 24.7 Å². The van der Waals surface area contributed by atoms with Gasteiger partial charge < -0.3 is 20.1 Å². The minimum Gasteiger partial charge on any atom is -0.390 e. The van der Waals surface area contributed by atoms with E-state index in [4.69, 9.17) is 9.72 Å². The van der Waals surface area contributed by atoms with Crippen LogP contribution in [0.3, 0.4) is 0 Å². The molecule has 1 aromatic rings. The van der Waals surface area contributed by atoms with Crippen LogP contribution in [0.4, 0.5) is 5.95 Å². The molecule has 172 valence electrons. The van der Waals surface area contributed by atoms with Crippen molar-refractivity contribution in [1.29, 1.82) is 0 Å². The lowest BCUT2D eigenvalue weighted by molar-refractivity contribution is -0.136. The molecule has 7 heteroatoms. The van der Waals surface area contributed by atoms with Crippen molar-refractivity contribution in [2.75, 3.05) is 18.1 Å². The highest BCUT2D eigenvalue weighted by atomic mass is 16.5. The summed E-state index contributed by atoms with van der Waals surface area (Å²) in [6, 6.07) is 0.553. The van der Waals surface area contributed by atoms with Crippen molar-refractivity contribution in [2.24, 2.45) is 17.8 Å². The van der Waals surface area contributed by atoms with Crippen molar-refractivity contribution in [3.8, 4) is 0 Å². The van der Waals surface area contributed by atoms with E-state index in [1.165, 1.54) is 12.8 Å². The van der Waals surface area contributed by atoms with Gasteiger partial charge in [0.05, 0.1) is 35.6 Å². The lowest BCUT2D eigenvalue weighted by Crippen LogP contribution is -2.61. The molecule has 0 radical (unpaired) electrons. The number of hydrogen-bond acceptors (Lipinski definition) is 6. The van der Waals surface area contributed by atoms with Gasteiger partial charge in [-0.2, -0.15) is 0 Å². The van der Waals surface area contributed by atoms with E-state index in [1.807, 2.05) is 0 Å². The first kappa shape index (κ1) is 19.7. The van der Waals surface area contributed by atoms with Crippen LogP contribution in [0.1, 0.15) is 86.2 Å². The van der Waals surface area contributed by atoms with Gasteiger partial charge in [0.2, 0.25) is 5.95 Å². The van der Waals surface area contributed by atoms with Crippen LogP contribution < -0.4 is 10.2 Å². The lowest BCUT2D eigenvalue weighted by atomic mass is 9.52. The first-order valence-corrected chi connectivity index (χ1v) is 12.8. The number of hydrogen-bond donors (Lipinski definition) is 2. The number of nitrogens with one attached hydrogen (secondary N) is 1. The Labute approximate surface area is 189 Å². The minimum absolute atomic E-state index is 0.00538. The molecule has 0 spiro atoms. The van der Waals surface area contributed by atoms with Crippen LogP contribution >= 0.6 is 0 Å². The first-order valence-electron chi connectivity index (χ1n) is 12.8. The Morgan fingerprint density at radius 2 is 1.94 bits per heavy atom. The predicted molar refractivity (Wildman–Crippen MR) is 118 cm³/mol. The normalized spacial score (nSPS) is 42.2. The Balaban J connectivity index is 1.16. The van der Waals surface area contributed by atoms with E-state index < -0.39 is 5.60 Å². The van der Waals surface area contributed by atoms with Gasteiger partial charge in [-0.15, -0.1) is 0 Å². The summed E-state index contributed by atoms with van der Waals surface area (Å²) in [4.78, 5) is 25.6. The van der Waals surface area contributed by atoms with Crippen LogP contribution in [0.2, 0.25) is 0 Å². The zero-order valence-electron chi connectivity index (χ0n) is 18.7. The summed E-state index contributed by atoms with van der Waals surface area (Å²) in [5.74, 6) is 2.58. The van der Waals surface area contributed by atoms with Crippen molar-refractivity contribution in [2.45, 2.75) is 93.9 Å². The van der Waals surface area contributed by atoms with E-state index in [1.54, 1.807) is 6.20 Å². The van der Waals surface area contributed by atoms with Gasteiger partial charge in [-0.1, -0.05) is 12.8 Å². The average Bonchev–Trinajstić information content (AvgIpc) is 3.53. The first-order chi connectivity index (χ1) is 15.5. The van der Waals surface area contributed by atoms with Crippen LogP contribution in [0.5, 0.6) is 0 Å². The molecule has 32 heavy (non-hydrogen) atoms. The summed E-state index contributed by atoms with van der Waals surface area (Å²) in [6.07, 6.45) is 12.7. The number of nitrogens with zero attached hydrogens (tertiary/aromatic N) is 3. The van der Waals surface area contributed by atoms with Crippen LogP contribution in [0.25, 0.3) is 0 Å². The number of anilines is 1. The van der Waals surface area contributed by atoms with E-state index in [-0.39, 0.29) is 11.9 Å². The average molecular weight is 439 g/mol. The van der Waals surface area contributed by atoms with Crippen LogP contribution in [-0.2, 0) is 4.74 Å². The molecule has 2 saturated heterocycles. The molecule has 3 heterocycles. The summed E-state index contributed by atoms with van der Waals surface area (Å²) in [7, 11) is 0. The molecule has 1 aromatic heterocycles. The highest BCUT2D eigenvalue weighted by Gasteiger charge is 2.55. The molecule has 2 N–H and O–H groups in total. The SMILES string of the molecule is O=C(NC1C2CC3CC1CC(O)(C3)C2)c1cnc(N2CC3CC2CO3)nc1C1CCCC1. The van der Waals surface area contributed by atoms with Crippen molar-refractivity contribution >= 4 is 11.9 Å². The number of morpholine rings is 1. The van der Waals surface area contributed by atoms with Crippen molar-refractivity contribution < 1.29 is 14.6 Å². The molecule has 5 aliphatic carbocycles. The molecule has 4 atom stereocenters. The van der Waals surface area contributed by atoms with E-state index >= 15 is 0 Å². The van der Waals surface area contributed by atoms with Gasteiger partial charge in [0.1, 0.15) is 0 Å². The van der Waals surface area contributed by atoms with Crippen LogP contribution in [-0.4, -0.2) is 57.9 Å². The molecule has 8 rings (SSSR count). The largest absolute Gasteiger partial charge is 0.390 e. The lowest BCUT2D eigenvalue weighted by Gasteiger charge is -2.58. The highest BCUT2D eigenvalue weighted by Crippen LogP contribution is 2.55. The zero-order valence-corrected chi connectivity index (χ0v) is 18.7. The molecule has 7 fully saturated rings. The number of fused-ring (bicyclic) bond motifs is 2. The molecule has 6 bridgehead atoms. The smallest absolute Gasteiger partial charge is 0.254 e. The number of carbonyl (C=O) groups is 1. The summed E-state index contributed by atoms with van der Waals surface area (Å²) < 4.78 is 5.75. The Bertz CT molecular complexity index is 916. The Morgan fingerprint density at radius 1 is 1.16 bits per heavy atom. The molecule has 7 aliphatic rings. The third-order valence-electron chi connectivity index (χ3n) is 9.49. The third-order valence-corrected chi connectivity index (χ3v) is 9.49. The number of carbonyl (C=O) groups excluding carboxylic acids is 1. The second-order valence-electron chi connectivity index (χ2n) is 11.6. The van der Waals surface area contributed by atoms with Gasteiger partial charge in [-0.25, -0.2) is 9.97 Å². The van der Waals surface area contributed by atoms with Crippen molar-refractivity contribution in [3.63, 3.8) is 0 Å². The molecular formula is C25H34N4O3. The Kier molecular flexibility index (Phi) is 4.39. The van der Waals surface area contributed by atoms with Crippen molar-refractivity contribution in [3.05, 3.63) is 17.5 Å². The molecule has 7 nitrogen and oxygen atoms in total. The number of aliphatic hydroxyl groups is 1. The van der Waals surface area contributed by atoms with Crippen LogP contribution in [0, 0.1) is 17.8 Å². The van der Waals surface area contributed by atoms with Gasteiger partial charge >= 0.3 is 0 Å². The Hall–Kier alpha value is -1.73. The maximum absolute atomic E-state index is 13.6. The number of amides is 1. The van der Waals surface area contributed by atoms with Gasteiger partial charge in [0.25, 0.3) is 5.91 Å². The summed E-state index contributed by atoms with van der Waals surface area (Å²) in [5.41, 5.74) is 1.15. The predicted octanol–water partition coefficient (Wildman–Crippen LogP) is 2.78. The topological polar surface area (TPSA) is 87.6 Å². The molecule has 2 aliphatic heterocycles.